The summed E-state index contributed by atoms with van der Waals surface area (Å²) in [6, 6.07) is 13.0. The van der Waals surface area contributed by atoms with Gasteiger partial charge in [0.15, 0.2) is 0 Å². The van der Waals surface area contributed by atoms with Crippen LogP contribution in [0.1, 0.15) is 35.6 Å². The van der Waals surface area contributed by atoms with Gasteiger partial charge in [0.1, 0.15) is 11.8 Å². The van der Waals surface area contributed by atoms with Gasteiger partial charge in [0, 0.05) is 17.1 Å². The first-order valence-electron chi connectivity index (χ1n) is 8.40. The number of likely N-dealkylation sites (tertiary alicyclic amines) is 1. The second-order valence-corrected chi connectivity index (χ2v) is 6.87. The molecule has 0 amide bonds. The van der Waals surface area contributed by atoms with Crippen LogP contribution in [-0.4, -0.2) is 35.7 Å². The summed E-state index contributed by atoms with van der Waals surface area (Å²) >= 11 is 6.25. The summed E-state index contributed by atoms with van der Waals surface area (Å²) < 4.78 is 5.55. The quantitative estimate of drug-likeness (QED) is 0.864. The maximum Gasteiger partial charge on any atom is 0.320 e. The lowest BCUT2D eigenvalue weighted by Gasteiger charge is -2.33. The van der Waals surface area contributed by atoms with E-state index in [1.165, 1.54) is 0 Å². The lowest BCUT2D eigenvalue weighted by atomic mass is 9.94. The van der Waals surface area contributed by atoms with Crippen molar-refractivity contribution in [3.05, 3.63) is 64.2 Å². The van der Waals surface area contributed by atoms with Gasteiger partial charge in [-0.3, -0.25) is 9.69 Å². The number of benzene rings is 2. The number of methoxy groups -OCH3 is 1. The molecule has 1 saturated heterocycles. The Morgan fingerprint density at radius 2 is 2.00 bits per heavy atom. The van der Waals surface area contributed by atoms with E-state index >= 15 is 0 Å². The molecule has 0 aromatic heterocycles. The Morgan fingerprint density at radius 3 is 2.64 bits per heavy atom. The molecule has 2 aromatic rings. The predicted octanol–water partition coefficient (Wildman–Crippen LogP) is 4.30. The van der Waals surface area contributed by atoms with Crippen LogP contribution in [0.15, 0.2) is 42.5 Å². The Bertz CT molecular complexity index is 760. The van der Waals surface area contributed by atoms with Gasteiger partial charge in [-0.15, -0.1) is 0 Å². The number of aryl methyl sites for hydroxylation is 1. The normalized spacial score (nSPS) is 18.9. The van der Waals surface area contributed by atoms with E-state index in [9.17, 15) is 9.90 Å². The number of rotatable bonds is 5. The van der Waals surface area contributed by atoms with E-state index in [1.807, 2.05) is 36.1 Å². The molecule has 1 heterocycles. The standard InChI is InChI=1S/C20H22ClNO3/c1-13-5-7-14(8-6-13)19(22-11-3-4-17(22)20(23)24)16-12-15(21)9-10-18(16)25-2/h5-10,12,17,19H,3-4,11H2,1-2H3,(H,23,24). The minimum atomic E-state index is -0.782. The van der Waals surface area contributed by atoms with Crippen molar-refractivity contribution in [2.24, 2.45) is 0 Å². The first-order chi connectivity index (χ1) is 12.0. The zero-order valence-electron chi connectivity index (χ0n) is 14.4. The van der Waals surface area contributed by atoms with Crippen LogP contribution in [0.5, 0.6) is 5.75 Å². The number of halogens is 1. The van der Waals surface area contributed by atoms with E-state index in [4.69, 9.17) is 16.3 Å². The summed E-state index contributed by atoms with van der Waals surface area (Å²) in [7, 11) is 1.62. The molecule has 0 bridgehead atoms. The third kappa shape index (κ3) is 3.65. The smallest absolute Gasteiger partial charge is 0.320 e. The van der Waals surface area contributed by atoms with Gasteiger partial charge in [0.25, 0.3) is 0 Å². The van der Waals surface area contributed by atoms with Gasteiger partial charge in [-0.05, 0) is 43.5 Å². The van der Waals surface area contributed by atoms with Gasteiger partial charge in [0.2, 0.25) is 0 Å². The molecular formula is C20H22ClNO3. The van der Waals surface area contributed by atoms with E-state index in [-0.39, 0.29) is 6.04 Å². The maximum atomic E-state index is 11.8. The highest BCUT2D eigenvalue weighted by Crippen LogP contribution is 2.40. The van der Waals surface area contributed by atoms with Crippen LogP contribution in [0.4, 0.5) is 0 Å². The molecule has 0 spiro atoms. The fourth-order valence-electron chi connectivity index (χ4n) is 3.58. The Labute approximate surface area is 153 Å². The fraction of sp³-hybridized carbons (Fsp3) is 0.350. The Balaban J connectivity index is 2.14. The zero-order chi connectivity index (χ0) is 18.0. The summed E-state index contributed by atoms with van der Waals surface area (Å²) in [5.74, 6) is -0.0679. The number of carbonyl (C=O) groups is 1. The molecule has 0 aliphatic carbocycles. The third-order valence-corrected chi connectivity index (χ3v) is 5.03. The van der Waals surface area contributed by atoms with Crippen molar-refractivity contribution in [1.29, 1.82) is 0 Å². The van der Waals surface area contributed by atoms with Crippen molar-refractivity contribution in [3.63, 3.8) is 0 Å². The predicted molar refractivity (Wildman–Crippen MR) is 98.4 cm³/mol. The van der Waals surface area contributed by atoms with Crippen molar-refractivity contribution < 1.29 is 14.6 Å². The minimum absolute atomic E-state index is 0.210. The topological polar surface area (TPSA) is 49.8 Å². The number of carboxylic acids is 1. The van der Waals surface area contributed by atoms with E-state index < -0.39 is 12.0 Å². The molecule has 0 saturated carbocycles. The van der Waals surface area contributed by atoms with Crippen molar-refractivity contribution in [1.82, 2.24) is 4.90 Å². The summed E-state index contributed by atoms with van der Waals surface area (Å²) in [5.41, 5.74) is 3.10. The zero-order valence-corrected chi connectivity index (χ0v) is 15.2. The molecule has 3 rings (SSSR count). The first kappa shape index (κ1) is 17.8. The lowest BCUT2D eigenvalue weighted by Crippen LogP contribution is -2.39. The van der Waals surface area contributed by atoms with Crippen molar-refractivity contribution in [2.75, 3.05) is 13.7 Å². The molecule has 0 radical (unpaired) electrons. The van der Waals surface area contributed by atoms with Crippen molar-refractivity contribution in [2.45, 2.75) is 31.8 Å². The molecule has 25 heavy (non-hydrogen) atoms. The Kier molecular flexibility index (Phi) is 5.30. The van der Waals surface area contributed by atoms with Crippen LogP contribution >= 0.6 is 11.6 Å². The van der Waals surface area contributed by atoms with E-state index in [1.54, 1.807) is 13.2 Å². The van der Waals surface area contributed by atoms with Gasteiger partial charge >= 0.3 is 5.97 Å². The number of hydrogen-bond acceptors (Lipinski definition) is 3. The molecule has 1 fully saturated rings. The van der Waals surface area contributed by atoms with Crippen molar-refractivity contribution >= 4 is 17.6 Å². The molecule has 5 heteroatoms. The first-order valence-corrected chi connectivity index (χ1v) is 8.77. The second-order valence-electron chi connectivity index (χ2n) is 6.43. The maximum absolute atomic E-state index is 11.8. The fourth-order valence-corrected chi connectivity index (χ4v) is 3.76. The molecule has 2 unspecified atom stereocenters. The van der Waals surface area contributed by atoms with Crippen LogP contribution in [-0.2, 0) is 4.79 Å². The molecule has 1 aliphatic heterocycles. The molecule has 132 valence electrons. The van der Waals surface area contributed by atoms with Crippen LogP contribution in [0.25, 0.3) is 0 Å². The van der Waals surface area contributed by atoms with Crippen molar-refractivity contribution in [3.8, 4) is 5.75 Å². The number of ether oxygens (including phenoxy) is 1. The minimum Gasteiger partial charge on any atom is -0.496 e. The highest BCUT2D eigenvalue weighted by Gasteiger charge is 2.37. The average molecular weight is 360 g/mol. The average Bonchev–Trinajstić information content (AvgIpc) is 3.07. The van der Waals surface area contributed by atoms with E-state index in [0.717, 1.165) is 29.7 Å². The Hall–Kier alpha value is -2.04. The number of aliphatic carboxylic acids is 1. The van der Waals surface area contributed by atoms with Gasteiger partial charge in [0.05, 0.1) is 13.2 Å². The van der Waals surface area contributed by atoms with E-state index in [2.05, 4.69) is 12.1 Å². The van der Waals surface area contributed by atoms with Crippen LogP contribution in [0, 0.1) is 6.92 Å². The second kappa shape index (κ2) is 7.46. The number of hydrogen-bond donors (Lipinski definition) is 1. The summed E-state index contributed by atoms with van der Waals surface area (Å²) in [6.45, 7) is 2.76. The number of nitrogens with zero attached hydrogens (tertiary/aromatic N) is 1. The molecule has 1 N–H and O–H groups in total. The van der Waals surface area contributed by atoms with Crippen LogP contribution < -0.4 is 4.74 Å². The highest BCUT2D eigenvalue weighted by atomic mass is 35.5. The van der Waals surface area contributed by atoms with Gasteiger partial charge < -0.3 is 9.84 Å². The van der Waals surface area contributed by atoms with E-state index in [0.29, 0.717) is 17.2 Å². The monoisotopic (exact) mass is 359 g/mol. The van der Waals surface area contributed by atoms with Crippen LogP contribution in [0.2, 0.25) is 5.02 Å². The largest absolute Gasteiger partial charge is 0.496 e. The lowest BCUT2D eigenvalue weighted by molar-refractivity contribution is -0.142. The number of carboxylic acid groups (broad SMARTS) is 1. The summed E-state index contributed by atoms with van der Waals surface area (Å²) in [5, 5.41) is 10.3. The van der Waals surface area contributed by atoms with Crippen LogP contribution in [0.3, 0.4) is 0 Å². The molecule has 2 atom stereocenters. The Morgan fingerprint density at radius 1 is 1.28 bits per heavy atom. The molecule has 2 aromatic carbocycles. The SMILES string of the molecule is COc1ccc(Cl)cc1C(c1ccc(C)cc1)N1CCCC1C(=O)O. The molecular weight excluding hydrogens is 338 g/mol. The van der Waals surface area contributed by atoms with Gasteiger partial charge in [-0.1, -0.05) is 41.4 Å². The highest BCUT2D eigenvalue weighted by molar-refractivity contribution is 6.30. The molecule has 1 aliphatic rings. The van der Waals surface area contributed by atoms with Gasteiger partial charge in [-0.2, -0.15) is 0 Å². The summed E-state index contributed by atoms with van der Waals surface area (Å²) in [6.07, 6.45) is 1.52. The molecule has 4 nitrogen and oxygen atoms in total. The summed E-state index contributed by atoms with van der Waals surface area (Å²) in [4.78, 5) is 13.8. The van der Waals surface area contributed by atoms with Gasteiger partial charge in [-0.25, -0.2) is 0 Å². The third-order valence-electron chi connectivity index (χ3n) is 4.79.